The molecule has 1 saturated carbocycles. The first-order valence-electron chi connectivity index (χ1n) is 12.0. The van der Waals surface area contributed by atoms with Crippen molar-refractivity contribution in [3.8, 4) is 5.69 Å². The van der Waals surface area contributed by atoms with Crippen LogP contribution in [0, 0.1) is 5.92 Å². The van der Waals surface area contributed by atoms with Gasteiger partial charge in [-0.15, -0.1) is 5.10 Å². The zero-order valence-electron chi connectivity index (χ0n) is 19.2. The van der Waals surface area contributed by atoms with E-state index in [1.807, 2.05) is 6.07 Å². The molecule has 1 aliphatic carbocycles. The fourth-order valence-electron chi connectivity index (χ4n) is 5.75. The predicted octanol–water partition coefficient (Wildman–Crippen LogP) is 0.717. The monoisotopic (exact) mass is 478 g/mol. The highest BCUT2D eigenvalue weighted by Crippen LogP contribution is 2.41. The molecule has 11 nitrogen and oxygen atoms in total. The normalized spacial score (nSPS) is 27.7. The summed E-state index contributed by atoms with van der Waals surface area (Å²) in [5, 5.41) is 13.4. The second-order valence-corrected chi connectivity index (χ2v) is 9.93. The van der Waals surface area contributed by atoms with E-state index in [9.17, 15) is 19.2 Å². The molecule has 0 radical (unpaired) electrons. The summed E-state index contributed by atoms with van der Waals surface area (Å²) >= 11 is 0. The summed E-state index contributed by atoms with van der Waals surface area (Å²) in [6.07, 6.45) is 6.35. The van der Waals surface area contributed by atoms with Crippen molar-refractivity contribution >= 4 is 23.6 Å². The van der Waals surface area contributed by atoms with Gasteiger partial charge in [0.2, 0.25) is 11.8 Å². The minimum Gasteiger partial charge on any atom is -0.373 e. The van der Waals surface area contributed by atoms with E-state index in [2.05, 4.69) is 20.9 Å². The molecule has 6 rings (SSSR count). The third-order valence-corrected chi connectivity index (χ3v) is 7.60. The van der Waals surface area contributed by atoms with Crippen molar-refractivity contribution in [2.75, 3.05) is 13.2 Å². The van der Waals surface area contributed by atoms with E-state index in [1.165, 1.54) is 16.0 Å². The van der Waals surface area contributed by atoms with Crippen LogP contribution in [0.2, 0.25) is 0 Å². The number of aromatic nitrogens is 3. The summed E-state index contributed by atoms with van der Waals surface area (Å²) in [4.78, 5) is 50.8. The summed E-state index contributed by atoms with van der Waals surface area (Å²) in [6.45, 7) is 1.50. The van der Waals surface area contributed by atoms with Crippen LogP contribution in [0.1, 0.15) is 64.9 Å². The molecule has 0 spiro atoms. The van der Waals surface area contributed by atoms with E-state index in [-0.39, 0.29) is 42.0 Å². The lowest BCUT2D eigenvalue weighted by molar-refractivity contribution is -0.136. The molecule has 3 unspecified atom stereocenters. The number of carbonyl (C=O) groups excluding carboxylic acids is 4. The van der Waals surface area contributed by atoms with Crippen LogP contribution in [0.5, 0.6) is 0 Å². The van der Waals surface area contributed by atoms with Gasteiger partial charge in [0.25, 0.3) is 11.8 Å². The molecule has 182 valence electrons. The molecule has 3 fully saturated rings. The largest absolute Gasteiger partial charge is 0.373 e. The number of piperidine rings is 1. The molecular weight excluding hydrogens is 452 g/mol. The minimum atomic E-state index is -0.666. The van der Waals surface area contributed by atoms with Gasteiger partial charge in [-0.25, -0.2) is 4.68 Å². The average molecular weight is 479 g/mol. The van der Waals surface area contributed by atoms with Crippen LogP contribution in [0.4, 0.5) is 0 Å². The first-order valence-corrected chi connectivity index (χ1v) is 12.0. The predicted molar refractivity (Wildman–Crippen MR) is 120 cm³/mol. The summed E-state index contributed by atoms with van der Waals surface area (Å²) in [7, 11) is 0. The Hall–Kier alpha value is -3.60. The fourth-order valence-corrected chi connectivity index (χ4v) is 5.75. The van der Waals surface area contributed by atoms with E-state index in [1.54, 1.807) is 18.3 Å². The van der Waals surface area contributed by atoms with Crippen LogP contribution in [0.3, 0.4) is 0 Å². The molecule has 3 atom stereocenters. The van der Waals surface area contributed by atoms with E-state index in [0.717, 1.165) is 31.4 Å². The molecule has 3 aliphatic heterocycles. The van der Waals surface area contributed by atoms with E-state index in [4.69, 9.17) is 4.74 Å². The highest BCUT2D eigenvalue weighted by Gasteiger charge is 2.43. The molecule has 35 heavy (non-hydrogen) atoms. The quantitative estimate of drug-likeness (QED) is 0.605. The van der Waals surface area contributed by atoms with Gasteiger partial charge < -0.3 is 15.0 Å². The number of hydrogen-bond acceptors (Lipinski definition) is 7. The van der Waals surface area contributed by atoms with Gasteiger partial charge in [0.15, 0.2) is 5.69 Å². The molecule has 4 amide bonds. The Balaban J connectivity index is 1.14. The van der Waals surface area contributed by atoms with Gasteiger partial charge in [0, 0.05) is 25.1 Å². The van der Waals surface area contributed by atoms with Crippen molar-refractivity contribution in [1.29, 1.82) is 0 Å². The van der Waals surface area contributed by atoms with E-state index in [0.29, 0.717) is 30.1 Å². The molecule has 11 heteroatoms. The van der Waals surface area contributed by atoms with Gasteiger partial charge in [0.1, 0.15) is 6.04 Å². The Labute approximate surface area is 201 Å². The van der Waals surface area contributed by atoms with Crippen molar-refractivity contribution in [3.63, 3.8) is 0 Å². The van der Waals surface area contributed by atoms with Crippen molar-refractivity contribution in [2.24, 2.45) is 5.92 Å². The van der Waals surface area contributed by atoms with Crippen molar-refractivity contribution in [1.82, 2.24) is 30.5 Å². The Morgan fingerprint density at radius 2 is 2.14 bits per heavy atom. The highest BCUT2D eigenvalue weighted by molar-refractivity contribution is 6.05. The highest BCUT2D eigenvalue weighted by atomic mass is 16.5. The zero-order chi connectivity index (χ0) is 24.2. The lowest BCUT2D eigenvalue weighted by Crippen LogP contribution is -2.52. The lowest BCUT2D eigenvalue weighted by atomic mass is 9.81. The molecule has 4 aliphatic rings. The van der Waals surface area contributed by atoms with E-state index >= 15 is 0 Å². The van der Waals surface area contributed by atoms with Gasteiger partial charge in [-0.05, 0) is 55.4 Å². The lowest BCUT2D eigenvalue weighted by Gasteiger charge is -2.31. The van der Waals surface area contributed by atoms with Gasteiger partial charge in [-0.2, -0.15) is 0 Å². The van der Waals surface area contributed by atoms with Gasteiger partial charge in [-0.3, -0.25) is 24.5 Å². The first kappa shape index (κ1) is 21.9. The number of ether oxygens (including phenoxy) is 1. The first-order chi connectivity index (χ1) is 16.9. The van der Waals surface area contributed by atoms with Crippen LogP contribution < -0.4 is 10.6 Å². The van der Waals surface area contributed by atoms with Gasteiger partial charge >= 0.3 is 0 Å². The number of imide groups is 1. The number of rotatable bonds is 5. The number of nitrogens with one attached hydrogen (secondary N) is 2. The minimum absolute atomic E-state index is 0.202. The van der Waals surface area contributed by atoms with Crippen molar-refractivity contribution < 1.29 is 23.9 Å². The second-order valence-electron chi connectivity index (χ2n) is 9.93. The summed E-state index contributed by atoms with van der Waals surface area (Å²) in [5.74, 6) is -0.705. The third kappa shape index (κ3) is 3.89. The average Bonchev–Trinajstić information content (AvgIpc) is 3.54. The molecule has 1 aromatic heterocycles. The number of fused-ring (bicyclic) bond motifs is 3. The summed E-state index contributed by atoms with van der Waals surface area (Å²) < 4.78 is 7.51. The second kappa shape index (κ2) is 8.26. The summed E-state index contributed by atoms with van der Waals surface area (Å²) in [5.41, 5.74) is 1.87. The van der Waals surface area contributed by atoms with Gasteiger partial charge in [0.05, 0.1) is 24.1 Å². The molecule has 2 saturated heterocycles. The van der Waals surface area contributed by atoms with Crippen molar-refractivity contribution in [3.05, 3.63) is 41.2 Å². The topological polar surface area (TPSA) is 136 Å². The Kier molecular flexibility index (Phi) is 5.17. The number of benzene rings is 1. The summed E-state index contributed by atoms with van der Waals surface area (Å²) in [6, 6.07) is 4.56. The number of hydrogen-bond donors (Lipinski definition) is 2. The maximum Gasteiger partial charge on any atom is 0.273 e. The molecule has 2 aromatic rings. The molecular formula is C24H26N6O5. The van der Waals surface area contributed by atoms with Crippen LogP contribution in [0.15, 0.2) is 24.4 Å². The third-order valence-electron chi connectivity index (χ3n) is 7.60. The zero-order valence-corrected chi connectivity index (χ0v) is 19.2. The molecule has 2 bridgehead atoms. The van der Waals surface area contributed by atoms with Crippen molar-refractivity contribution in [2.45, 2.75) is 56.7 Å². The fraction of sp³-hybridized carbons (Fsp3) is 0.500. The SMILES string of the molecule is O=C1CCC(N2Cc3cc(-n4cc(C(=O)NCC56CCCC(CO5)C6)nn4)ccc3C2=O)C(=O)N1. The van der Waals surface area contributed by atoms with Crippen LogP contribution in [-0.2, 0) is 20.9 Å². The Bertz CT molecular complexity index is 1240. The van der Waals surface area contributed by atoms with Gasteiger partial charge in [-0.1, -0.05) is 11.6 Å². The number of carbonyl (C=O) groups is 4. The van der Waals surface area contributed by atoms with Crippen LogP contribution in [-0.4, -0.2) is 68.3 Å². The Morgan fingerprint density at radius 1 is 1.26 bits per heavy atom. The standard InChI is InChI=1S/C24H26N6O5/c31-20-6-5-19(22(33)26-20)29-10-15-8-16(3-4-17(15)23(29)34)30-11-18(27-28-30)21(32)25-13-24-7-1-2-14(9-24)12-35-24/h3-4,8,11,14,19H,1-2,5-7,9-10,12-13H2,(H,25,32)(H,26,31,33). The smallest absolute Gasteiger partial charge is 0.273 e. The number of amides is 4. The van der Waals surface area contributed by atoms with Crippen LogP contribution in [0.25, 0.3) is 5.69 Å². The number of nitrogens with zero attached hydrogens (tertiary/aromatic N) is 4. The van der Waals surface area contributed by atoms with Crippen LogP contribution >= 0.6 is 0 Å². The Morgan fingerprint density at radius 3 is 3.00 bits per heavy atom. The molecule has 4 heterocycles. The maximum absolute atomic E-state index is 12.9. The molecule has 2 N–H and O–H groups in total. The molecule has 1 aromatic carbocycles. The van der Waals surface area contributed by atoms with E-state index < -0.39 is 11.9 Å². The maximum atomic E-state index is 12.9.